The van der Waals surface area contributed by atoms with Gasteiger partial charge in [0.1, 0.15) is 0 Å². The first-order chi connectivity index (χ1) is 12.6. The molecule has 0 saturated carbocycles. The van der Waals surface area contributed by atoms with E-state index in [1.807, 2.05) is 60.7 Å². The summed E-state index contributed by atoms with van der Waals surface area (Å²) in [7, 11) is 0. The Morgan fingerprint density at radius 1 is 0.923 bits per heavy atom. The minimum Gasteiger partial charge on any atom is -0.449 e. The maximum absolute atomic E-state index is 12.7. The number of rotatable bonds is 5. The van der Waals surface area contributed by atoms with Crippen molar-refractivity contribution < 1.29 is 14.5 Å². The molecule has 3 aromatic rings. The third kappa shape index (κ3) is 3.90. The monoisotopic (exact) mass is 367 g/mol. The Kier molecular flexibility index (Phi) is 5.29. The van der Waals surface area contributed by atoms with Crippen LogP contribution in [0.1, 0.15) is 27.6 Å². The molecule has 3 aromatic carbocycles. The second-order valence-electron chi connectivity index (χ2n) is 5.53. The van der Waals surface area contributed by atoms with Crippen LogP contribution in [0.15, 0.2) is 78.9 Å². The fourth-order valence-corrected chi connectivity index (χ4v) is 2.73. The highest BCUT2D eigenvalue weighted by molar-refractivity contribution is 6.33. The topological polar surface area (TPSA) is 69.4 Å². The highest BCUT2D eigenvalue weighted by Crippen LogP contribution is 2.29. The van der Waals surface area contributed by atoms with Crippen LogP contribution in [-0.2, 0) is 4.74 Å². The van der Waals surface area contributed by atoms with Crippen molar-refractivity contribution in [3.8, 4) is 0 Å². The van der Waals surface area contributed by atoms with Gasteiger partial charge in [-0.1, -0.05) is 72.3 Å². The van der Waals surface area contributed by atoms with E-state index in [1.165, 1.54) is 12.1 Å². The average Bonchev–Trinajstić information content (AvgIpc) is 2.67. The molecule has 0 amide bonds. The summed E-state index contributed by atoms with van der Waals surface area (Å²) in [4.78, 5) is 23.0. The maximum Gasteiger partial charge on any atom is 0.340 e. The molecule has 5 nitrogen and oxygen atoms in total. The van der Waals surface area contributed by atoms with Crippen LogP contribution in [-0.4, -0.2) is 10.9 Å². The molecule has 3 rings (SSSR count). The van der Waals surface area contributed by atoms with E-state index in [0.29, 0.717) is 0 Å². The summed E-state index contributed by atoms with van der Waals surface area (Å²) in [6, 6.07) is 22.2. The fraction of sp³-hybridized carbons (Fsp3) is 0.0500. The van der Waals surface area contributed by atoms with E-state index in [4.69, 9.17) is 16.3 Å². The van der Waals surface area contributed by atoms with Gasteiger partial charge in [0.25, 0.3) is 5.69 Å². The van der Waals surface area contributed by atoms with Gasteiger partial charge in [-0.25, -0.2) is 4.79 Å². The zero-order chi connectivity index (χ0) is 18.5. The van der Waals surface area contributed by atoms with Crippen LogP contribution >= 0.6 is 11.6 Å². The van der Waals surface area contributed by atoms with Gasteiger partial charge in [-0.15, -0.1) is 0 Å². The highest BCUT2D eigenvalue weighted by Gasteiger charge is 2.23. The molecular formula is C20H14ClNO4. The molecule has 0 aliphatic heterocycles. The van der Waals surface area contributed by atoms with E-state index in [2.05, 4.69) is 0 Å². The van der Waals surface area contributed by atoms with Gasteiger partial charge in [-0.05, 0) is 17.2 Å². The number of non-ortho nitro benzene ring substituents is 1. The molecule has 0 unspecified atom stereocenters. The summed E-state index contributed by atoms with van der Waals surface area (Å²) in [5.74, 6) is -0.726. The Morgan fingerprint density at radius 2 is 1.46 bits per heavy atom. The molecule has 0 spiro atoms. The molecule has 26 heavy (non-hydrogen) atoms. The predicted molar refractivity (Wildman–Crippen MR) is 98.2 cm³/mol. The van der Waals surface area contributed by atoms with Gasteiger partial charge in [0, 0.05) is 12.1 Å². The molecular weight excluding hydrogens is 354 g/mol. The van der Waals surface area contributed by atoms with Crippen LogP contribution in [0.2, 0.25) is 5.02 Å². The van der Waals surface area contributed by atoms with Gasteiger partial charge >= 0.3 is 5.97 Å². The first-order valence-electron chi connectivity index (χ1n) is 7.81. The number of halogens is 1. The van der Waals surface area contributed by atoms with Crippen molar-refractivity contribution in [3.05, 3.63) is 111 Å². The molecule has 0 bridgehead atoms. The lowest BCUT2D eigenvalue weighted by atomic mass is 10.0. The number of hydrogen-bond acceptors (Lipinski definition) is 4. The lowest BCUT2D eigenvalue weighted by Crippen LogP contribution is -2.13. The van der Waals surface area contributed by atoms with Gasteiger partial charge in [0.05, 0.1) is 15.5 Å². The largest absolute Gasteiger partial charge is 0.449 e. The molecule has 0 fully saturated rings. The van der Waals surface area contributed by atoms with Gasteiger partial charge in [-0.3, -0.25) is 10.1 Å². The minimum absolute atomic E-state index is 0.0438. The summed E-state index contributed by atoms with van der Waals surface area (Å²) < 4.78 is 5.68. The second-order valence-corrected chi connectivity index (χ2v) is 5.94. The lowest BCUT2D eigenvalue weighted by Gasteiger charge is -2.19. The van der Waals surface area contributed by atoms with Crippen molar-refractivity contribution >= 4 is 23.3 Å². The van der Waals surface area contributed by atoms with Crippen molar-refractivity contribution in [2.24, 2.45) is 0 Å². The van der Waals surface area contributed by atoms with Crippen molar-refractivity contribution in [1.82, 2.24) is 0 Å². The lowest BCUT2D eigenvalue weighted by molar-refractivity contribution is -0.384. The zero-order valence-corrected chi connectivity index (χ0v) is 14.3. The standard InChI is InChI=1S/C20H14ClNO4/c21-18-12-11-16(22(24)25)13-17(18)20(23)26-19(14-7-3-1-4-8-14)15-9-5-2-6-10-15/h1-13,19H. The predicted octanol–water partition coefficient (Wildman–Crippen LogP) is 5.19. The third-order valence-corrected chi connectivity index (χ3v) is 4.14. The van der Waals surface area contributed by atoms with Crippen LogP contribution in [0.4, 0.5) is 5.69 Å². The van der Waals surface area contributed by atoms with Crippen LogP contribution in [0.3, 0.4) is 0 Å². The number of hydrogen-bond donors (Lipinski definition) is 0. The normalized spacial score (nSPS) is 10.5. The van der Waals surface area contributed by atoms with Gasteiger partial charge in [-0.2, -0.15) is 0 Å². The summed E-state index contributed by atoms with van der Waals surface area (Å²) in [6.45, 7) is 0. The Labute approximate surface area is 155 Å². The summed E-state index contributed by atoms with van der Waals surface area (Å²) in [5, 5.41) is 11.1. The third-order valence-electron chi connectivity index (χ3n) is 3.81. The molecule has 0 aliphatic rings. The number of nitro benzene ring substituents is 1. The molecule has 0 aliphatic carbocycles. The Balaban J connectivity index is 1.96. The van der Waals surface area contributed by atoms with Gasteiger partial charge in [0.2, 0.25) is 0 Å². The molecule has 6 heteroatoms. The summed E-state index contributed by atoms with van der Waals surface area (Å²) >= 11 is 6.05. The van der Waals surface area contributed by atoms with Crippen LogP contribution in [0.25, 0.3) is 0 Å². The molecule has 0 aromatic heterocycles. The van der Waals surface area contributed by atoms with Gasteiger partial charge < -0.3 is 4.74 Å². The number of carbonyl (C=O) groups excluding carboxylic acids is 1. The summed E-state index contributed by atoms with van der Waals surface area (Å²) in [5.41, 5.74) is 1.30. The molecule has 0 N–H and O–H groups in total. The van der Waals surface area contributed by atoms with Crippen molar-refractivity contribution in [2.45, 2.75) is 6.10 Å². The van der Waals surface area contributed by atoms with E-state index in [0.717, 1.165) is 17.2 Å². The van der Waals surface area contributed by atoms with Crippen LogP contribution in [0.5, 0.6) is 0 Å². The number of carbonyl (C=O) groups is 1. The second kappa shape index (κ2) is 7.80. The first kappa shape index (κ1) is 17.6. The molecule has 0 atom stereocenters. The van der Waals surface area contributed by atoms with Crippen molar-refractivity contribution in [3.63, 3.8) is 0 Å². The average molecular weight is 368 g/mol. The zero-order valence-electron chi connectivity index (χ0n) is 13.5. The van der Waals surface area contributed by atoms with E-state index < -0.39 is 17.0 Å². The highest BCUT2D eigenvalue weighted by atomic mass is 35.5. The van der Waals surface area contributed by atoms with Crippen LogP contribution in [0, 0.1) is 10.1 Å². The summed E-state index contributed by atoms with van der Waals surface area (Å²) in [6.07, 6.45) is -0.653. The van der Waals surface area contributed by atoms with Gasteiger partial charge in [0.15, 0.2) is 6.10 Å². The molecule has 130 valence electrons. The SMILES string of the molecule is O=C(OC(c1ccccc1)c1ccccc1)c1cc([N+](=O)[O-])ccc1Cl. The van der Waals surface area contributed by atoms with E-state index in [-0.39, 0.29) is 16.3 Å². The smallest absolute Gasteiger partial charge is 0.340 e. The Hall–Kier alpha value is -3.18. The van der Waals surface area contributed by atoms with Crippen molar-refractivity contribution in [1.29, 1.82) is 0 Å². The van der Waals surface area contributed by atoms with Crippen molar-refractivity contribution in [2.75, 3.05) is 0 Å². The number of ether oxygens (including phenoxy) is 1. The van der Waals surface area contributed by atoms with E-state index in [9.17, 15) is 14.9 Å². The van der Waals surface area contributed by atoms with E-state index in [1.54, 1.807) is 0 Å². The quantitative estimate of drug-likeness (QED) is 0.353. The van der Waals surface area contributed by atoms with E-state index >= 15 is 0 Å². The van der Waals surface area contributed by atoms with Crippen LogP contribution < -0.4 is 0 Å². The molecule has 0 heterocycles. The molecule has 0 radical (unpaired) electrons. The maximum atomic E-state index is 12.7. The fourth-order valence-electron chi connectivity index (χ4n) is 2.54. The number of nitro groups is 1. The Bertz CT molecular complexity index is 890. The number of benzene rings is 3. The number of esters is 1. The minimum atomic E-state index is -0.726. The Morgan fingerprint density at radius 3 is 1.96 bits per heavy atom. The first-order valence-corrected chi connectivity index (χ1v) is 8.19. The molecule has 0 saturated heterocycles. The number of nitrogens with zero attached hydrogens (tertiary/aromatic N) is 1.